The van der Waals surface area contributed by atoms with Crippen LogP contribution in [0.2, 0.25) is 0 Å². The standard InChI is InChI=1S/C13H24N6O/c1-18-6-4-10(5-7-18)19(2)13-8-11(17-14)15-12(16-13)9-20-3/h8,10H,4-7,9,14H2,1-3H3,(H,15,16,17). The van der Waals surface area contributed by atoms with Crippen molar-refractivity contribution in [3.05, 3.63) is 11.9 Å². The van der Waals surface area contributed by atoms with Crippen molar-refractivity contribution in [2.45, 2.75) is 25.5 Å². The lowest BCUT2D eigenvalue weighted by Gasteiger charge is -2.35. The molecule has 1 aromatic rings. The third kappa shape index (κ3) is 3.56. The molecule has 2 heterocycles. The minimum atomic E-state index is 0.379. The van der Waals surface area contributed by atoms with E-state index >= 15 is 0 Å². The number of piperidine rings is 1. The minimum absolute atomic E-state index is 0.379. The fourth-order valence-corrected chi connectivity index (χ4v) is 2.50. The molecule has 0 amide bonds. The van der Waals surface area contributed by atoms with Gasteiger partial charge in [-0.2, -0.15) is 0 Å². The molecule has 112 valence electrons. The molecule has 0 unspecified atom stereocenters. The topological polar surface area (TPSA) is 79.5 Å². The van der Waals surface area contributed by atoms with Crippen LogP contribution >= 0.6 is 0 Å². The van der Waals surface area contributed by atoms with Gasteiger partial charge in [-0.05, 0) is 33.0 Å². The zero-order chi connectivity index (χ0) is 14.5. The van der Waals surface area contributed by atoms with Crippen LogP contribution in [0.25, 0.3) is 0 Å². The van der Waals surface area contributed by atoms with Crippen molar-refractivity contribution in [1.29, 1.82) is 0 Å². The van der Waals surface area contributed by atoms with Crippen LogP contribution in [0.4, 0.5) is 11.6 Å². The molecule has 1 aliphatic heterocycles. The molecule has 1 fully saturated rings. The number of likely N-dealkylation sites (tertiary alicyclic amines) is 1. The lowest BCUT2D eigenvalue weighted by molar-refractivity contribution is 0.178. The summed E-state index contributed by atoms with van der Waals surface area (Å²) in [5.74, 6) is 7.61. The molecule has 0 aliphatic carbocycles. The van der Waals surface area contributed by atoms with E-state index in [1.54, 1.807) is 7.11 Å². The monoisotopic (exact) mass is 280 g/mol. The van der Waals surface area contributed by atoms with Gasteiger partial charge in [0.1, 0.15) is 18.2 Å². The van der Waals surface area contributed by atoms with Gasteiger partial charge in [0.05, 0.1) is 0 Å². The molecule has 1 aliphatic rings. The average molecular weight is 280 g/mol. The van der Waals surface area contributed by atoms with Gasteiger partial charge in [-0.25, -0.2) is 15.8 Å². The predicted octanol–water partition coefficient (Wildman–Crippen LogP) is 0.439. The van der Waals surface area contributed by atoms with Gasteiger partial charge in [0, 0.05) is 26.3 Å². The van der Waals surface area contributed by atoms with Gasteiger partial charge in [-0.1, -0.05) is 0 Å². The number of ether oxygens (including phenoxy) is 1. The van der Waals surface area contributed by atoms with E-state index in [-0.39, 0.29) is 0 Å². The number of nitrogens with zero attached hydrogens (tertiary/aromatic N) is 4. The summed E-state index contributed by atoms with van der Waals surface area (Å²) in [4.78, 5) is 13.4. The number of nitrogens with two attached hydrogens (primary N) is 1. The third-order valence-electron chi connectivity index (χ3n) is 3.78. The highest BCUT2D eigenvalue weighted by molar-refractivity contribution is 5.49. The zero-order valence-electron chi connectivity index (χ0n) is 12.5. The molecule has 20 heavy (non-hydrogen) atoms. The molecule has 0 aromatic carbocycles. The number of rotatable bonds is 5. The van der Waals surface area contributed by atoms with E-state index in [1.807, 2.05) is 6.07 Å². The number of nitrogens with one attached hydrogen (secondary N) is 1. The van der Waals surface area contributed by atoms with Gasteiger partial charge >= 0.3 is 0 Å². The summed E-state index contributed by atoms with van der Waals surface area (Å²) >= 11 is 0. The third-order valence-corrected chi connectivity index (χ3v) is 3.78. The first-order valence-corrected chi connectivity index (χ1v) is 6.89. The Morgan fingerprint density at radius 3 is 2.75 bits per heavy atom. The second-order valence-electron chi connectivity index (χ2n) is 5.25. The Balaban J connectivity index is 2.15. The van der Waals surface area contributed by atoms with Crippen molar-refractivity contribution in [2.75, 3.05) is 44.6 Å². The molecule has 7 nitrogen and oxygen atoms in total. The van der Waals surface area contributed by atoms with Crippen LogP contribution in [0, 0.1) is 0 Å². The van der Waals surface area contributed by atoms with Crippen molar-refractivity contribution in [2.24, 2.45) is 5.84 Å². The summed E-state index contributed by atoms with van der Waals surface area (Å²) < 4.78 is 5.10. The summed E-state index contributed by atoms with van der Waals surface area (Å²) in [6, 6.07) is 2.37. The summed E-state index contributed by atoms with van der Waals surface area (Å²) in [6.45, 7) is 2.61. The Hall–Kier alpha value is -1.44. The lowest BCUT2D eigenvalue weighted by Crippen LogP contribution is -2.42. The molecule has 1 aromatic heterocycles. The summed E-state index contributed by atoms with van der Waals surface area (Å²) in [6.07, 6.45) is 2.28. The van der Waals surface area contributed by atoms with E-state index in [2.05, 4.69) is 39.3 Å². The quantitative estimate of drug-likeness (QED) is 0.598. The smallest absolute Gasteiger partial charge is 0.158 e. The molecule has 7 heteroatoms. The minimum Gasteiger partial charge on any atom is -0.377 e. The summed E-state index contributed by atoms with van der Waals surface area (Å²) in [7, 11) is 5.87. The number of nitrogen functional groups attached to an aromatic ring is 1. The Morgan fingerprint density at radius 1 is 1.45 bits per heavy atom. The number of hydrazine groups is 1. The Morgan fingerprint density at radius 2 is 2.15 bits per heavy atom. The second-order valence-corrected chi connectivity index (χ2v) is 5.25. The highest BCUT2D eigenvalue weighted by atomic mass is 16.5. The Bertz CT molecular complexity index is 433. The predicted molar refractivity (Wildman–Crippen MR) is 79.5 cm³/mol. The lowest BCUT2D eigenvalue weighted by atomic mass is 10.0. The van der Waals surface area contributed by atoms with Gasteiger partial charge in [0.2, 0.25) is 0 Å². The van der Waals surface area contributed by atoms with Gasteiger partial charge in [-0.15, -0.1) is 0 Å². The van der Waals surface area contributed by atoms with E-state index < -0.39 is 0 Å². The highest BCUT2D eigenvalue weighted by Crippen LogP contribution is 2.22. The molecule has 0 saturated carbocycles. The molecule has 0 radical (unpaired) electrons. The first-order chi connectivity index (χ1) is 9.63. The number of hydrogen-bond acceptors (Lipinski definition) is 7. The Labute approximate surface area is 120 Å². The largest absolute Gasteiger partial charge is 0.377 e. The maximum Gasteiger partial charge on any atom is 0.158 e. The highest BCUT2D eigenvalue weighted by Gasteiger charge is 2.22. The van der Waals surface area contributed by atoms with Crippen LogP contribution in [0.3, 0.4) is 0 Å². The van der Waals surface area contributed by atoms with Crippen LogP contribution in [-0.4, -0.2) is 55.2 Å². The summed E-state index contributed by atoms with van der Waals surface area (Å²) in [5, 5.41) is 0. The Kier molecular flexibility index (Phi) is 5.11. The van der Waals surface area contributed by atoms with Crippen molar-refractivity contribution in [1.82, 2.24) is 14.9 Å². The second kappa shape index (κ2) is 6.83. The van der Waals surface area contributed by atoms with E-state index in [0.29, 0.717) is 24.3 Å². The number of hydrogen-bond donors (Lipinski definition) is 2. The first kappa shape index (κ1) is 15.0. The van der Waals surface area contributed by atoms with Crippen LogP contribution in [0.15, 0.2) is 6.07 Å². The van der Waals surface area contributed by atoms with Crippen molar-refractivity contribution in [3.8, 4) is 0 Å². The zero-order valence-corrected chi connectivity index (χ0v) is 12.5. The average Bonchev–Trinajstić information content (AvgIpc) is 2.47. The van der Waals surface area contributed by atoms with Gasteiger partial charge < -0.3 is 20.0 Å². The van der Waals surface area contributed by atoms with Crippen molar-refractivity contribution < 1.29 is 4.74 Å². The van der Waals surface area contributed by atoms with Crippen molar-refractivity contribution in [3.63, 3.8) is 0 Å². The molecule has 0 atom stereocenters. The molecular weight excluding hydrogens is 256 g/mol. The summed E-state index contributed by atoms with van der Waals surface area (Å²) in [5.41, 5.74) is 2.59. The van der Waals surface area contributed by atoms with E-state index in [9.17, 15) is 0 Å². The van der Waals surface area contributed by atoms with Crippen molar-refractivity contribution >= 4 is 11.6 Å². The maximum absolute atomic E-state index is 5.47. The fourth-order valence-electron chi connectivity index (χ4n) is 2.50. The van der Waals surface area contributed by atoms with E-state index in [1.165, 1.54) is 0 Å². The molecule has 3 N–H and O–H groups in total. The molecule has 0 bridgehead atoms. The maximum atomic E-state index is 5.47. The van der Waals surface area contributed by atoms with Gasteiger partial charge in [0.25, 0.3) is 0 Å². The molecule has 0 spiro atoms. The number of aromatic nitrogens is 2. The van der Waals surface area contributed by atoms with Gasteiger partial charge in [-0.3, -0.25) is 0 Å². The molecular formula is C13H24N6O. The van der Waals surface area contributed by atoms with Crippen LogP contribution < -0.4 is 16.2 Å². The van der Waals surface area contributed by atoms with Crippen LogP contribution in [0.1, 0.15) is 18.7 Å². The molecule has 2 rings (SSSR count). The fraction of sp³-hybridized carbons (Fsp3) is 0.692. The first-order valence-electron chi connectivity index (χ1n) is 6.89. The number of methoxy groups -OCH3 is 1. The van der Waals surface area contributed by atoms with Gasteiger partial charge in [0.15, 0.2) is 5.82 Å². The van der Waals surface area contributed by atoms with E-state index in [0.717, 1.165) is 31.7 Å². The number of anilines is 2. The van der Waals surface area contributed by atoms with E-state index in [4.69, 9.17) is 10.6 Å². The normalized spacial score (nSPS) is 17.2. The van der Waals surface area contributed by atoms with Crippen LogP contribution in [0.5, 0.6) is 0 Å². The SMILES string of the molecule is COCc1nc(NN)cc(N(C)C2CCN(C)CC2)n1. The van der Waals surface area contributed by atoms with Crippen LogP contribution in [-0.2, 0) is 11.3 Å². The molecule has 1 saturated heterocycles.